The quantitative estimate of drug-likeness (QED) is 0.686. The van der Waals surface area contributed by atoms with Crippen LogP contribution in [0.4, 0.5) is 0 Å². The summed E-state index contributed by atoms with van der Waals surface area (Å²) >= 11 is 0. The van der Waals surface area contributed by atoms with E-state index in [0.29, 0.717) is 5.73 Å². The minimum absolute atomic E-state index is 0.0550. The lowest BCUT2D eigenvalue weighted by Crippen LogP contribution is -2.26. The van der Waals surface area contributed by atoms with Crippen molar-refractivity contribution in [3.8, 4) is 0 Å². The fourth-order valence-electron chi connectivity index (χ4n) is 2.01. The van der Waals surface area contributed by atoms with Crippen molar-refractivity contribution in [2.24, 2.45) is 0 Å². The molecule has 0 saturated carbocycles. The third kappa shape index (κ3) is 2.96. The monoisotopic (exact) mass is 206 g/mol. The van der Waals surface area contributed by atoms with Gasteiger partial charge in [0.25, 0.3) is 0 Å². The molecule has 1 aliphatic heterocycles. The number of rotatable bonds is 3. The lowest BCUT2D eigenvalue weighted by atomic mass is 10.2. The zero-order valence-electron chi connectivity index (χ0n) is 8.61. The van der Waals surface area contributed by atoms with Crippen LogP contribution in [0.25, 0.3) is 0 Å². The molecule has 1 nitrogen and oxygen atoms in total. The van der Waals surface area contributed by atoms with Gasteiger partial charge in [-0.05, 0) is 25.3 Å². The summed E-state index contributed by atoms with van der Waals surface area (Å²) in [7, 11) is -0.0550. The third-order valence-corrected chi connectivity index (χ3v) is 5.03. The maximum absolute atomic E-state index is 5.76. The van der Waals surface area contributed by atoms with E-state index in [1.54, 1.807) is 0 Å². The average Bonchev–Trinajstić information content (AvgIpc) is 2.29. The van der Waals surface area contributed by atoms with Gasteiger partial charge >= 0.3 is 0 Å². The van der Waals surface area contributed by atoms with E-state index in [-0.39, 0.29) is 9.52 Å². The molecule has 0 radical (unpaired) electrons. The molecule has 76 valence electrons. The highest BCUT2D eigenvalue weighted by molar-refractivity contribution is 6.36. The van der Waals surface area contributed by atoms with Crippen LogP contribution in [-0.2, 0) is 10.8 Å². The molecule has 2 heteroatoms. The Balaban J connectivity index is 1.76. The van der Waals surface area contributed by atoms with Gasteiger partial charge in [-0.1, -0.05) is 35.9 Å². The van der Waals surface area contributed by atoms with E-state index in [1.165, 1.54) is 30.9 Å². The molecule has 1 aromatic carbocycles. The van der Waals surface area contributed by atoms with E-state index < -0.39 is 0 Å². The van der Waals surface area contributed by atoms with Gasteiger partial charge in [-0.3, -0.25) is 0 Å². The van der Waals surface area contributed by atoms with Crippen molar-refractivity contribution >= 4 is 9.52 Å². The SMILES string of the molecule is c1ccc(C[SiH2]C2CCCCO2)cc1. The highest BCUT2D eigenvalue weighted by atomic mass is 28.2. The molecule has 1 aliphatic rings. The first-order chi connectivity index (χ1) is 6.95. The number of benzene rings is 1. The molecule has 1 saturated heterocycles. The Labute approximate surface area is 88.3 Å². The summed E-state index contributed by atoms with van der Waals surface area (Å²) in [6.07, 6.45) is 3.97. The smallest absolute Gasteiger partial charge is 0.0599 e. The highest BCUT2D eigenvalue weighted by Gasteiger charge is 2.13. The van der Waals surface area contributed by atoms with Gasteiger partial charge < -0.3 is 4.74 Å². The third-order valence-electron chi connectivity index (χ3n) is 2.87. The Morgan fingerprint density at radius 3 is 2.79 bits per heavy atom. The van der Waals surface area contributed by atoms with Crippen molar-refractivity contribution in [2.75, 3.05) is 6.61 Å². The summed E-state index contributed by atoms with van der Waals surface area (Å²) in [5.74, 6) is 0. The van der Waals surface area contributed by atoms with Crippen molar-refractivity contribution < 1.29 is 4.74 Å². The van der Waals surface area contributed by atoms with E-state index in [2.05, 4.69) is 30.3 Å². The van der Waals surface area contributed by atoms with Crippen LogP contribution in [0.5, 0.6) is 0 Å². The lowest BCUT2D eigenvalue weighted by molar-refractivity contribution is 0.0649. The van der Waals surface area contributed by atoms with Gasteiger partial charge in [0.2, 0.25) is 0 Å². The van der Waals surface area contributed by atoms with Gasteiger partial charge in [0.1, 0.15) is 0 Å². The molecule has 0 aliphatic carbocycles. The minimum atomic E-state index is -0.0550. The molecule has 14 heavy (non-hydrogen) atoms. The molecule has 1 atom stereocenters. The zero-order chi connectivity index (χ0) is 9.64. The van der Waals surface area contributed by atoms with E-state index in [4.69, 9.17) is 4.74 Å². The van der Waals surface area contributed by atoms with Gasteiger partial charge in [0.05, 0.1) is 9.52 Å². The van der Waals surface area contributed by atoms with Crippen LogP contribution in [0, 0.1) is 0 Å². The van der Waals surface area contributed by atoms with E-state index in [0.717, 1.165) is 6.61 Å². The Morgan fingerprint density at radius 1 is 1.21 bits per heavy atom. The largest absolute Gasteiger partial charge is 0.382 e. The normalized spacial score (nSPS) is 23.0. The van der Waals surface area contributed by atoms with Crippen LogP contribution in [-0.4, -0.2) is 21.9 Å². The molecule has 0 spiro atoms. The summed E-state index contributed by atoms with van der Waals surface area (Å²) in [6.45, 7) is 1.01. The molecule has 1 fully saturated rings. The van der Waals surface area contributed by atoms with Crippen molar-refractivity contribution in [1.82, 2.24) is 0 Å². The summed E-state index contributed by atoms with van der Waals surface area (Å²) in [6, 6.07) is 12.1. The molecule has 0 N–H and O–H groups in total. The maximum Gasteiger partial charge on any atom is 0.0599 e. The van der Waals surface area contributed by atoms with Gasteiger partial charge in [-0.15, -0.1) is 0 Å². The summed E-state index contributed by atoms with van der Waals surface area (Å²) in [5.41, 5.74) is 2.15. The van der Waals surface area contributed by atoms with Crippen LogP contribution in [0.3, 0.4) is 0 Å². The van der Waals surface area contributed by atoms with Crippen LogP contribution < -0.4 is 0 Å². The molecule has 0 bridgehead atoms. The summed E-state index contributed by atoms with van der Waals surface area (Å²) < 4.78 is 5.76. The van der Waals surface area contributed by atoms with Gasteiger partial charge in [0.15, 0.2) is 0 Å². The molecule has 1 aromatic rings. The van der Waals surface area contributed by atoms with Crippen LogP contribution >= 0.6 is 0 Å². The van der Waals surface area contributed by atoms with Crippen molar-refractivity contribution in [1.29, 1.82) is 0 Å². The first-order valence-electron chi connectivity index (χ1n) is 5.61. The van der Waals surface area contributed by atoms with E-state index >= 15 is 0 Å². The predicted octanol–water partition coefficient (Wildman–Crippen LogP) is 1.88. The molecular weight excluding hydrogens is 188 g/mol. The Hall–Kier alpha value is -0.603. The molecular formula is C12H18OSi. The molecule has 0 amide bonds. The lowest BCUT2D eigenvalue weighted by Gasteiger charge is -2.22. The number of hydrogen-bond donors (Lipinski definition) is 0. The minimum Gasteiger partial charge on any atom is -0.382 e. The van der Waals surface area contributed by atoms with E-state index in [9.17, 15) is 0 Å². The van der Waals surface area contributed by atoms with Gasteiger partial charge in [-0.2, -0.15) is 0 Å². The maximum atomic E-state index is 5.76. The Kier molecular flexibility index (Phi) is 3.77. The van der Waals surface area contributed by atoms with Crippen molar-refractivity contribution in [3.63, 3.8) is 0 Å². The van der Waals surface area contributed by atoms with E-state index in [1.807, 2.05) is 0 Å². The molecule has 0 aromatic heterocycles. The highest BCUT2D eigenvalue weighted by Crippen LogP contribution is 2.12. The topological polar surface area (TPSA) is 9.23 Å². The fraction of sp³-hybridized carbons (Fsp3) is 0.500. The number of hydrogen-bond acceptors (Lipinski definition) is 1. The second-order valence-corrected chi connectivity index (χ2v) is 6.00. The summed E-state index contributed by atoms with van der Waals surface area (Å²) in [4.78, 5) is 0. The van der Waals surface area contributed by atoms with Crippen LogP contribution in [0.2, 0.25) is 0 Å². The molecule has 2 rings (SSSR count). The average molecular weight is 206 g/mol. The fourth-order valence-corrected chi connectivity index (χ4v) is 3.91. The first-order valence-corrected chi connectivity index (χ1v) is 7.42. The van der Waals surface area contributed by atoms with Gasteiger partial charge in [-0.25, -0.2) is 0 Å². The van der Waals surface area contributed by atoms with Gasteiger partial charge in [0, 0.05) is 12.3 Å². The number of ether oxygens (including phenoxy) is 1. The molecule has 1 heterocycles. The molecule has 1 unspecified atom stereocenters. The van der Waals surface area contributed by atoms with Crippen molar-refractivity contribution in [3.05, 3.63) is 35.9 Å². The standard InChI is InChI=1S/C12H18OSi/c1-2-6-11(7-3-1)10-14-12-8-4-5-9-13-12/h1-3,6-7,12H,4-5,8-10,14H2. The van der Waals surface area contributed by atoms with Crippen LogP contribution in [0.15, 0.2) is 30.3 Å². The second-order valence-electron chi connectivity index (χ2n) is 4.01. The summed E-state index contributed by atoms with van der Waals surface area (Å²) in [5, 5.41) is 0. The Bertz CT molecular complexity index is 254. The second kappa shape index (κ2) is 5.32. The zero-order valence-corrected chi connectivity index (χ0v) is 10.0. The van der Waals surface area contributed by atoms with Crippen molar-refractivity contribution in [2.45, 2.75) is 31.0 Å². The Morgan fingerprint density at radius 2 is 2.07 bits per heavy atom. The van der Waals surface area contributed by atoms with Crippen LogP contribution in [0.1, 0.15) is 24.8 Å². The predicted molar refractivity (Wildman–Crippen MR) is 62.3 cm³/mol. The first kappa shape index (κ1) is 9.93.